The van der Waals surface area contributed by atoms with Crippen molar-refractivity contribution < 1.29 is 9.53 Å². The maximum Gasteiger partial charge on any atom is 0.305 e. The summed E-state index contributed by atoms with van der Waals surface area (Å²) in [6.45, 7) is 5.32. The summed E-state index contributed by atoms with van der Waals surface area (Å²) in [5, 5.41) is 4.14. The Kier molecular flexibility index (Phi) is 8.85. The highest BCUT2D eigenvalue weighted by molar-refractivity contribution is 5.69. The standard InChI is InChI=1S/C28H41N5O2/c1-4-35-28(34)13-9-8-12-26-21-31(3)30-33(26)25-15-14-22(2)24(19-25)20-32-17-16-29-27(32)18-23-10-6-5-7-11-23/h14-17,19,21,23,30H,4-13,18,20H2,1-3H3. The molecule has 1 fully saturated rings. The van der Waals surface area contributed by atoms with Gasteiger partial charge in [0, 0.05) is 45.0 Å². The van der Waals surface area contributed by atoms with E-state index in [-0.39, 0.29) is 5.97 Å². The lowest BCUT2D eigenvalue weighted by Gasteiger charge is -2.25. The van der Waals surface area contributed by atoms with Crippen LogP contribution in [-0.4, -0.2) is 34.2 Å². The van der Waals surface area contributed by atoms with Crippen LogP contribution >= 0.6 is 0 Å². The van der Waals surface area contributed by atoms with Gasteiger partial charge in [-0.2, -0.15) is 0 Å². The number of hydrogen-bond acceptors (Lipinski definition) is 6. The number of ether oxygens (including phenoxy) is 1. The van der Waals surface area contributed by atoms with Gasteiger partial charge < -0.3 is 9.30 Å². The van der Waals surface area contributed by atoms with E-state index in [9.17, 15) is 4.79 Å². The predicted molar refractivity (Wildman–Crippen MR) is 139 cm³/mol. The van der Waals surface area contributed by atoms with Gasteiger partial charge in [-0.3, -0.25) is 14.8 Å². The van der Waals surface area contributed by atoms with Crippen LogP contribution < -0.4 is 10.5 Å². The number of nitrogens with one attached hydrogen (secondary N) is 1. The predicted octanol–water partition coefficient (Wildman–Crippen LogP) is 5.50. The van der Waals surface area contributed by atoms with Crippen LogP contribution in [0.25, 0.3) is 0 Å². The molecule has 1 saturated carbocycles. The lowest BCUT2D eigenvalue weighted by atomic mass is 9.87. The summed E-state index contributed by atoms with van der Waals surface area (Å²) in [7, 11) is 2.01. The molecule has 7 heteroatoms. The molecule has 2 aliphatic rings. The summed E-state index contributed by atoms with van der Waals surface area (Å²) in [6, 6.07) is 6.67. The average molecular weight is 480 g/mol. The van der Waals surface area contributed by atoms with E-state index in [4.69, 9.17) is 9.72 Å². The maximum atomic E-state index is 11.6. The molecule has 2 aromatic rings. The van der Waals surface area contributed by atoms with Crippen molar-refractivity contribution in [1.29, 1.82) is 0 Å². The first-order valence-corrected chi connectivity index (χ1v) is 13.3. The van der Waals surface area contributed by atoms with Crippen molar-refractivity contribution in [2.75, 3.05) is 18.7 Å². The molecular weight excluding hydrogens is 438 g/mol. The van der Waals surface area contributed by atoms with Crippen LogP contribution in [0.3, 0.4) is 0 Å². The first-order chi connectivity index (χ1) is 17.0. The second-order valence-corrected chi connectivity index (χ2v) is 9.97. The second kappa shape index (κ2) is 12.2. The van der Waals surface area contributed by atoms with Crippen LogP contribution in [0.15, 0.2) is 42.5 Å². The molecular formula is C28H41N5O2. The first-order valence-electron chi connectivity index (χ1n) is 13.3. The number of carbonyl (C=O) groups is 1. The minimum atomic E-state index is -0.106. The number of aromatic nitrogens is 2. The van der Waals surface area contributed by atoms with Crippen LogP contribution in [0, 0.1) is 12.8 Å². The van der Waals surface area contributed by atoms with E-state index in [1.807, 2.05) is 25.2 Å². The fourth-order valence-corrected chi connectivity index (χ4v) is 5.21. The molecule has 0 saturated heterocycles. The van der Waals surface area contributed by atoms with Crippen LogP contribution in [-0.2, 0) is 22.5 Å². The molecule has 1 aliphatic carbocycles. The van der Waals surface area contributed by atoms with Gasteiger partial charge in [-0.05, 0) is 62.3 Å². The molecule has 1 N–H and O–H groups in total. The van der Waals surface area contributed by atoms with E-state index in [1.165, 1.54) is 54.8 Å². The van der Waals surface area contributed by atoms with Gasteiger partial charge in [0.2, 0.25) is 0 Å². The van der Waals surface area contributed by atoms with E-state index < -0.39 is 0 Å². The molecule has 35 heavy (non-hydrogen) atoms. The third-order valence-electron chi connectivity index (χ3n) is 7.19. The van der Waals surface area contributed by atoms with Crippen LogP contribution in [0.1, 0.15) is 81.7 Å². The Labute approximate surface area is 210 Å². The zero-order valence-corrected chi connectivity index (χ0v) is 21.6. The number of benzene rings is 1. The van der Waals surface area contributed by atoms with Crippen molar-refractivity contribution in [3.8, 4) is 0 Å². The first kappa shape index (κ1) is 25.3. The molecule has 1 aromatic carbocycles. The van der Waals surface area contributed by atoms with Crippen LogP contribution in [0.4, 0.5) is 5.69 Å². The summed E-state index contributed by atoms with van der Waals surface area (Å²) in [5.41, 5.74) is 8.35. The number of hydrazine groups is 2. The molecule has 0 unspecified atom stereocenters. The Morgan fingerprint density at radius 1 is 1.20 bits per heavy atom. The Morgan fingerprint density at radius 2 is 2.03 bits per heavy atom. The van der Waals surface area contributed by atoms with Gasteiger partial charge in [0.25, 0.3) is 0 Å². The number of anilines is 1. The smallest absolute Gasteiger partial charge is 0.305 e. The number of unbranched alkanes of at least 4 members (excludes halogenated alkanes) is 1. The number of carbonyl (C=O) groups excluding carboxylic acids is 1. The van der Waals surface area contributed by atoms with Gasteiger partial charge in [0.1, 0.15) is 5.82 Å². The SMILES string of the molecule is CCOC(=O)CCCCC1=CN(C)NN1c1ccc(C)c(Cn2ccnc2CC2CCCCC2)c1. The van der Waals surface area contributed by atoms with E-state index in [2.05, 4.69) is 52.6 Å². The lowest BCUT2D eigenvalue weighted by Crippen LogP contribution is -2.38. The summed E-state index contributed by atoms with van der Waals surface area (Å²) in [6.07, 6.45) is 17.2. The van der Waals surface area contributed by atoms with Crippen molar-refractivity contribution in [3.63, 3.8) is 0 Å². The molecule has 0 atom stereocenters. The van der Waals surface area contributed by atoms with Gasteiger partial charge in [-0.15, -0.1) is 5.53 Å². The van der Waals surface area contributed by atoms with Gasteiger partial charge in [0.15, 0.2) is 0 Å². The lowest BCUT2D eigenvalue weighted by molar-refractivity contribution is -0.143. The Morgan fingerprint density at radius 3 is 2.83 bits per heavy atom. The topological polar surface area (TPSA) is 62.6 Å². The third kappa shape index (κ3) is 6.88. The monoisotopic (exact) mass is 479 g/mol. The molecule has 190 valence electrons. The molecule has 0 radical (unpaired) electrons. The van der Waals surface area contributed by atoms with E-state index in [1.54, 1.807) is 0 Å². The quantitative estimate of drug-likeness (QED) is 0.339. The highest BCUT2D eigenvalue weighted by Gasteiger charge is 2.21. The van der Waals surface area contributed by atoms with Crippen molar-refractivity contribution in [2.45, 2.75) is 84.6 Å². The minimum Gasteiger partial charge on any atom is -0.466 e. The average Bonchev–Trinajstić information content (AvgIpc) is 3.44. The summed E-state index contributed by atoms with van der Waals surface area (Å²) < 4.78 is 7.38. The van der Waals surface area contributed by atoms with Crippen molar-refractivity contribution in [2.24, 2.45) is 5.92 Å². The molecule has 0 amide bonds. The van der Waals surface area contributed by atoms with Crippen LogP contribution in [0.5, 0.6) is 0 Å². The molecule has 4 rings (SSSR count). The summed E-state index contributed by atoms with van der Waals surface area (Å²) in [5.74, 6) is 1.88. The molecule has 1 aliphatic heterocycles. The highest BCUT2D eigenvalue weighted by atomic mass is 16.5. The minimum absolute atomic E-state index is 0.106. The Balaban J connectivity index is 1.41. The normalized spacial score (nSPS) is 16.6. The number of aryl methyl sites for hydroxylation is 1. The highest BCUT2D eigenvalue weighted by Crippen LogP contribution is 2.29. The second-order valence-electron chi connectivity index (χ2n) is 9.97. The fourth-order valence-electron chi connectivity index (χ4n) is 5.21. The maximum absolute atomic E-state index is 11.6. The van der Waals surface area contributed by atoms with E-state index in [0.29, 0.717) is 13.0 Å². The summed E-state index contributed by atoms with van der Waals surface area (Å²) >= 11 is 0. The zero-order valence-electron chi connectivity index (χ0n) is 21.6. The molecule has 0 bridgehead atoms. The molecule has 1 aromatic heterocycles. The molecule has 7 nitrogen and oxygen atoms in total. The summed E-state index contributed by atoms with van der Waals surface area (Å²) in [4.78, 5) is 16.4. The molecule has 0 spiro atoms. The largest absolute Gasteiger partial charge is 0.466 e. The van der Waals surface area contributed by atoms with E-state index >= 15 is 0 Å². The number of allylic oxidation sites excluding steroid dienone is 1. The Hall–Kier alpha value is -2.80. The van der Waals surface area contributed by atoms with Crippen molar-refractivity contribution in [1.82, 2.24) is 20.1 Å². The van der Waals surface area contributed by atoms with Gasteiger partial charge >= 0.3 is 5.97 Å². The number of imidazole rings is 1. The van der Waals surface area contributed by atoms with Gasteiger partial charge in [-0.25, -0.2) is 4.98 Å². The van der Waals surface area contributed by atoms with Gasteiger partial charge in [0.05, 0.1) is 18.0 Å². The number of nitrogens with zero attached hydrogens (tertiary/aromatic N) is 4. The van der Waals surface area contributed by atoms with E-state index in [0.717, 1.165) is 43.8 Å². The number of hydrogen-bond donors (Lipinski definition) is 1. The Bertz CT molecular complexity index is 1010. The van der Waals surface area contributed by atoms with Crippen molar-refractivity contribution >= 4 is 11.7 Å². The number of esters is 1. The fraction of sp³-hybridized carbons (Fsp3) is 0.571. The number of rotatable bonds is 11. The van der Waals surface area contributed by atoms with Gasteiger partial charge in [-0.1, -0.05) is 38.2 Å². The third-order valence-corrected chi connectivity index (χ3v) is 7.19. The van der Waals surface area contributed by atoms with Crippen LogP contribution in [0.2, 0.25) is 0 Å². The zero-order chi connectivity index (χ0) is 24.6. The molecule has 2 heterocycles. The van der Waals surface area contributed by atoms with Crippen molar-refractivity contribution in [3.05, 3.63) is 59.4 Å².